The van der Waals surface area contributed by atoms with Crippen LogP contribution in [0.4, 0.5) is 6.01 Å². The lowest BCUT2D eigenvalue weighted by Gasteiger charge is -2.25. The molecule has 0 bridgehead atoms. The normalized spacial score (nSPS) is 16.5. The minimum Gasteiger partial charge on any atom is -0.405 e. The van der Waals surface area contributed by atoms with Crippen molar-refractivity contribution < 1.29 is 13.9 Å². The van der Waals surface area contributed by atoms with Crippen LogP contribution >= 0.6 is 0 Å². The van der Waals surface area contributed by atoms with E-state index in [0.29, 0.717) is 38.2 Å². The third-order valence-electron chi connectivity index (χ3n) is 4.05. The van der Waals surface area contributed by atoms with Gasteiger partial charge in [-0.3, -0.25) is 4.79 Å². The Labute approximate surface area is 147 Å². The number of nitrogens with zero attached hydrogens (tertiary/aromatic N) is 3. The van der Waals surface area contributed by atoms with Gasteiger partial charge in [0.2, 0.25) is 11.8 Å². The number of hydrogen-bond acceptors (Lipinski definition) is 6. The number of ether oxygens (including phenoxy) is 1. The summed E-state index contributed by atoms with van der Waals surface area (Å²) in [4.78, 5) is 14.5. The molecule has 2 aromatic rings. The van der Waals surface area contributed by atoms with Crippen molar-refractivity contribution in [1.29, 1.82) is 0 Å². The van der Waals surface area contributed by atoms with E-state index in [4.69, 9.17) is 9.15 Å². The van der Waals surface area contributed by atoms with Gasteiger partial charge in [0.05, 0.1) is 13.2 Å². The molecule has 1 aromatic heterocycles. The second kappa shape index (κ2) is 7.23. The quantitative estimate of drug-likeness (QED) is 0.915. The first-order valence-electron chi connectivity index (χ1n) is 8.47. The van der Waals surface area contributed by atoms with Gasteiger partial charge in [0.15, 0.2) is 0 Å². The molecule has 1 aromatic carbocycles. The predicted molar refractivity (Wildman–Crippen MR) is 93.2 cm³/mol. The maximum Gasteiger partial charge on any atom is 0.318 e. The SMILES string of the molecule is CC(C)(C)C(=O)N[C@H](c1ccccc1)c1nnc(N2CCOCC2)o1. The van der Waals surface area contributed by atoms with E-state index in [1.54, 1.807) is 0 Å². The van der Waals surface area contributed by atoms with E-state index < -0.39 is 11.5 Å². The Morgan fingerprint density at radius 2 is 1.84 bits per heavy atom. The van der Waals surface area contributed by atoms with Crippen LogP contribution in [0.2, 0.25) is 0 Å². The van der Waals surface area contributed by atoms with Crippen molar-refractivity contribution in [1.82, 2.24) is 15.5 Å². The first-order chi connectivity index (χ1) is 11.9. The standard InChI is InChI=1S/C18H24N4O3/c1-18(2,3)16(23)19-14(13-7-5-4-6-8-13)15-20-21-17(25-15)22-9-11-24-12-10-22/h4-8,14H,9-12H2,1-3H3,(H,19,23)/t14-/m1/s1. The smallest absolute Gasteiger partial charge is 0.318 e. The molecule has 0 radical (unpaired) electrons. The fraction of sp³-hybridized carbons (Fsp3) is 0.500. The van der Waals surface area contributed by atoms with Gasteiger partial charge >= 0.3 is 6.01 Å². The van der Waals surface area contributed by atoms with E-state index in [0.717, 1.165) is 5.56 Å². The van der Waals surface area contributed by atoms with Gasteiger partial charge < -0.3 is 19.4 Å². The zero-order valence-corrected chi connectivity index (χ0v) is 14.9. The summed E-state index contributed by atoms with van der Waals surface area (Å²) in [6.07, 6.45) is 0. The topological polar surface area (TPSA) is 80.5 Å². The summed E-state index contributed by atoms with van der Waals surface area (Å²) in [5.41, 5.74) is 0.386. The van der Waals surface area contributed by atoms with Crippen molar-refractivity contribution in [2.45, 2.75) is 26.8 Å². The molecule has 0 aliphatic carbocycles. The fourth-order valence-corrected chi connectivity index (χ4v) is 2.51. The Bertz CT molecular complexity index is 703. The summed E-state index contributed by atoms with van der Waals surface area (Å²) in [5, 5.41) is 11.4. The van der Waals surface area contributed by atoms with Crippen molar-refractivity contribution in [2.75, 3.05) is 31.2 Å². The lowest BCUT2D eigenvalue weighted by atomic mass is 9.94. The van der Waals surface area contributed by atoms with Crippen LogP contribution in [0, 0.1) is 5.41 Å². The summed E-state index contributed by atoms with van der Waals surface area (Å²) < 4.78 is 11.2. The highest BCUT2D eigenvalue weighted by Crippen LogP contribution is 2.26. The van der Waals surface area contributed by atoms with E-state index in [-0.39, 0.29) is 5.91 Å². The Morgan fingerprint density at radius 1 is 1.16 bits per heavy atom. The Morgan fingerprint density at radius 3 is 2.48 bits per heavy atom. The average Bonchev–Trinajstić information content (AvgIpc) is 3.10. The molecule has 3 rings (SSSR count). The Kier molecular flexibility index (Phi) is 5.03. The number of nitrogens with one attached hydrogen (secondary N) is 1. The zero-order chi connectivity index (χ0) is 17.9. The van der Waals surface area contributed by atoms with Crippen molar-refractivity contribution in [3.63, 3.8) is 0 Å². The van der Waals surface area contributed by atoms with Crippen molar-refractivity contribution >= 4 is 11.9 Å². The number of rotatable bonds is 4. The monoisotopic (exact) mass is 344 g/mol. The van der Waals surface area contributed by atoms with E-state index in [1.807, 2.05) is 56.0 Å². The molecule has 134 valence electrons. The molecule has 0 unspecified atom stereocenters. The summed E-state index contributed by atoms with van der Waals surface area (Å²) >= 11 is 0. The number of morpholine rings is 1. The number of anilines is 1. The van der Waals surface area contributed by atoms with E-state index in [1.165, 1.54) is 0 Å². The second-order valence-corrected chi connectivity index (χ2v) is 7.09. The van der Waals surface area contributed by atoms with Crippen LogP contribution in [0.3, 0.4) is 0 Å². The van der Waals surface area contributed by atoms with Gasteiger partial charge in [-0.1, -0.05) is 56.2 Å². The minimum absolute atomic E-state index is 0.0764. The molecule has 25 heavy (non-hydrogen) atoms. The Balaban J connectivity index is 1.86. The summed E-state index contributed by atoms with van der Waals surface area (Å²) in [6.45, 7) is 8.32. The number of benzene rings is 1. The summed E-state index contributed by atoms with van der Waals surface area (Å²) in [5.74, 6) is 0.303. The molecule has 1 saturated heterocycles. The van der Waals surface area contributed by atoms with Crippen LogP contribution in [0.15, 0.2) is 34.7 Å². The molecule has 7 heteroatoms. The number of amides is 1. The van der Waals surface area contributed by atoms with Gasteiger partial charge in [-0.25, -0.2) is 0 Å². The van der Waals surface area contributed by atoms with Crippen LogP contribution in [0.5, 0.6) is 0 Å². The minimum atomic E-state index is -0.514. The molecule has 1 N–H and O–H groups in total. The fourth-order valence-electron chi connectivity index (χ4n) is 2.51. The molecular formula is C18H24N4O3. The van der Waals surface area contributed by atoms with Crippen LogP contribution in [0.1, 0.15) is 38.3 Å². The lowest BCUT2D eigenvalue weighted by Crippen LogP contribution is -2.38. The first kappa shape index (κ1) is 17.4. The van der Waals surface area contributed by atoms with Gasteiger partial charge in [0.1, 0.15) is 6.04 Å². The molecule has 0 spiro atoms. The van der Waals surface area contributed by atoms with Gasteiger partial charge in [0, 0.05) is 18.5 Å². The van der Waals surface area contributed by atoms with E-state index >= 15 is 0 Å². The third kappa shape index (κ3) is 4.17. The maximum atomic E-state index is 12.5. The molecule has 2 heterocycles. The highest BCUT2D eigenvalue weighted by Gasteiger charge is 2.29. The van der Waals surface area contributed by atoms with E-state index in [2.05, 4.69) is 15.5 Å². The van der Waals surface area contributed by atoms with E-state index in [9.17, 15) is 4.79 Å². The van der Waals surface area contributed by atoms with Gasteiger partial charge in [-0.05, 0) is 5.56 Å². The number of aromatic nitrogens is 2. The first-order valence-corrected chi connectivity index (χ1v) is 8.47. The summed E-state index contributed by atoms with van der Waals surface area (Å²) in [7, 11) is 0. The highest BCUT2D eigenvalue weighted by atomic mass is 16.5. The number of hydrogen-bond donors (Lipinski definition) is 1. The van der Waals surface area contributed by atoms with Crippen molar-refractivity contribution in [2.24, 2.45) is 5.41 Å². The maximum absolute atomic E-state index is 12.5. The largest absolute Gasteiger partial charge is 0.405 e. The predicted octanol–water partition coefficient (Wildman–Crippen LogP) is 2.16. The highest BCUT2D eigenvalue weighted by molar-refractivity contribution is 5.82. The Hall–Kier alpha value is -2.41. The van der Waals surface area contributed by atoms with Crippen LogP contribution in [0.25, 0.3) is 0 Å². The molecule has 1 aliphatic rings. The number of carbonyl (C=O) groups excluding carboxylic acids is 1. The average molecular weight is 344 g/mol. The lowest BCUT2D eigenvalue weighted by molar-refractivity contribution is -0.129. The zero-order valence-electron chi connectivity index (χ0n) is 14.9. The number of carbonyl (C=O) groups is 1. The molecule has 1 fully saturated rings. The van der Waals surface area contributed by atoms with Crippen molar-refractivity contribution in [3.8, 4) is 0 Å². The molecule has 1 atom stereocenters. The third-order valence-corrected chi connectivity index (χ3v) is 4.05. The van der Waals surface area contributed by atoms with Gasteiger partial charge in [-0.2, -0.15) is 0 Å². The second-order valence-electron chi connectivity index (χ2n) is 7.09. The van der Waals surface area contributed by atoms with Gasteiger partial charge in [-0.15, -0.1) is 5.10 Å². The van der Waals surface area contributed by atoms with Crippen LogP contribution in [-0.2, 0) is 9.53 Å². The van der Waals surface area contributed by atoms with Crippen LogP contribution < -0.4 is 10.2 Å². The molecule has 1 aliphatic heterocycles. The molecular weight excluding hydrogens is 320 g/mol. The van der Waals surface area contributed by atoms with Crippen molar-refractivity contribution in [3.05, 3.63) is 41.8 Å². The van der Waals surface area contributed by atoms with Crippen LogP contribution in [-0.4, -0.2) is 42.4 Å². The molecule has 7 nitrogen and oxygen atoms in total. The summed E-state index contributed by atoms with van der Waals surface area (Å²) in [6, 6.07) is 9.63. The van der Waals surface area contributed by atoms with Gasteiger partial charge in [0.25, 0.3) is 0 Å². The molecule has 1 amide bonds. The molecule has 0 saturated carbocycles.